The molecule has 0 saturated carbocycles. The number of hydrogen-bond acceptors (Lipinski definition) is 6. The number of hydrogen-bond donors (Lipinski definition) is 2. The topological polar surface area (TPSA) is 136 Å². The van der Waals surface area contributed by atoms with Crippen LogP contribution in [0, 0.1) is 0 Å². The van der Waals surface area contributed by atoms with E-state index >= 15 is 0 Å². The van der Waals surface area contributed by atoms with Gasteiger partial charge in [0.05, 0.1) is 6.61 Å². The predicted molar refractivity (Wildman–Crippen MR) is 59.3 cm³/mol. The van der Waals surface area contributed by atoms with Crippen molar-refractivity contribution in [1.82, 2.24) is 10.2 Å². The number of phosphoric ester groups is 1. The quantitative estimate of drug-likeness (QED) is 0.311. The minimum atomic E-state index is -4.78. The molecule has 1 aliphatic heterocycles. The summed E-state index contributed by atoms with van der Waals surface area (Å²) in [5.41, 5.74) is 0. The molecular weight excluding hydrogens is 279 g/mol. The Bertz CT molecular complexity index is 437. The van der Waals surface area contributed by atoms with Crippen molar-refractivity contribution >= 4 is 25.5 Å². The van der Waals surface area contributed by atoms with Crippen LogP contribution in [0.4, 0.5) is 0 Å². The van der Waals surface area contributed by atoms with E-state index in [9.17, 15) is 23.8 Å². The van der Waals surface area contributed by atoms with Crippen LogP contribution in [-0.2, 0) is 23.5 Å². The van der Waals surface area contributed by atoms with Gasteiger partial charge in [0.25, 0.3) is 19.6 Å². The van der Waals surface area contributed by atoms with Crippen LogP contribution >= 0.6 is 7.82 Å². The van der Waals surface area contributed by atoms with Crippen molar-refractivity contribution in [2.45, 2.75) is 6.42 Å². The lowest BCUT2D eigenvalue weighted by atomic mass is 10.3. The molecule has 0 saturated heterocycles. The third kappa shape index (κ3) is 5.75. The summed E-state index contributed by atoms with van der Waals surface area (Å²) < 4.78 is 14.2. The normalized spacial score (nSPS) is 17.7. The smallest absolute Gasteiger partial charge is 0.265 e. The highest BCUT2D eigenvalue weighted by atomic mass is 31.2. The van der Waals surface area contributed by atoms with E-state index < -0.39 is 32.2 Å². The van der Waals surface area contributed by atoms with Gasteiger partial charge in [0.1, 0.15) is 0 Å². The van der Waals surface area contributed by atoms with Crippen molar-refractivity contribution in [2.75, 3.05) is 19.7 Å². The number of rotatable bonds is 7. The zero-order valence-electron chi connectivity index (χ0n) is 9.77. The van der Waals surface area contributed by atoms with Gasteiger partial charge in [0, 0.05) is 31.7 Å². The van der Waals surface area contributed by atoms with Crippen LogP contribution < -0.4 is 10.2 Å². The van der Waals surface area contributed by atoms with Crippen molar-refractivity contribution in [3.63, 3.8) is 0 Å². The first-order valence-corrected chi connectivity index (χ1v) is 6.78. The Hall–Kier alpha value is -1.54. The van der Waals surface area contributed by atoms with E-state index in [1.165, 1.54) is 0 Å². The summed E-state index contributed by atoms with van der Waals surface area (Å²) in [7, 11) is -4.78. The summed E-state index contributed by atoms with van der Waals surface area (Å²) in [6.07, 6.45) is 2.12. The van der Waals surface area contributed by atoms with Crippen molar-refractivity contribution in [3.8, 4) is 0 Å². The summed E-state index contributed by atoms with van der Waals surface area (Å²) in [5.74, 6) is -1.43. The maximum absolute atomic E-state index is 11.3. The molecule has 106 valence electrons. The third-order valence-electron chi connectivity index (χ3n) is 2.14. The SMILES string of the molecule is O=C(CCN1C(=O)C=CC1=O)NCCOP(=O)([O-])O. The lowest BCUT2D eigenvalue weighted by Crippen LogP contribution is -2.35. The summed E-state index contributed by atoms with van der Waals surface area (Å²) >= 11 is 0. The van der Waals surface area contributed by atoms with Crippen LogP contribution in [-0.4, -0.2) is 47.2 Å². The molecule has 1 heterocycles. The van der Waals surface area contributed by atoms with Gasteiger partial charge in [-0.1, -0.05) is 0 Å². The number of nitrogens with zero attached hydrogens (tertiary/aromatic N) is 1. The van der Waals surface area contributed by atoms with Crippen LogP contribution in [0.15, 0.2) is 12.2 Å². The second-order valence-electron chi connectivity index (χ2n) is 3.56. The number of imide groups is 1. The second kappa shape index (κ2) is 6.58. The molecule has 0 aliphatic carbocycles. The third-order valence-corrected chi connectivity index (χ3v) is 2.65. The van der Waals surface area contributed by atoms with Crippen LogP contribution in [0.25, 0.3) is 0 Å². The summed E-state index contributed by atoms with van der Waals surface area (Å²) in [5, 5.41) is 2.30. The molecule has 0 bridgehead atoms. The molecule has 10 heteroatoms. The van der Waals surface area contributed by atoms with Crippen LogP contribution in [0.2, 0.25) is 0 Å². The Morgan fingerprint density at radius 1 is 1.42 bits per heavy atom. The summed E-state index contributed by atoms with van der Waals surface area (Å²) in [6.45, 7) is -0.574. The van der Waals surface area contributed by atoms with Gasteiger partial charge in [0.15, 0.2) is 0 Å². The highest BCUT2D eigenvalue weighted by Gasteiger charge is 2.23. The second-order valence-corrected chi connectivity index (χ2v) is 4.76. The molecule has 0 aromatic carbocycles. The van der Waals surface area contributed by atoms with Gasteiger partial charge < -0.3 is 19.6 Å². The monoisotopic (exact) mass is 291 g/mol. The van der Waals surface area contributed by atoms with E-state index in [2.05, 4.69) is 9.84 Å². The fourth-order valence-electron chi connectivity index (χ4n) is 1.30. The Balaban J connectivity index is 2.17. The average Bonchev–Trinajstić information content (AvgIpc) is 2.61. The molecule has 1 aliphatic rings. The number of phosphoric acid groups is 1. The number of amides is 3. The fourth-order valence-corrected chi connectivity index (χ4v) is 1.63. The minimum absolute atomic E-state index is 0.0581. The van der Waals surface area contributed by atoms with Gasteiger partial charge in [-0.15, -0.1) is 0 Å². The first-order valence-electron chi connectivity index (χ1n) is 5.28. The first kappa shape index (κ1) is 15.5. The Morgan fingerprint density at radius 3 is 2.53 bits per heavy atom. The number of carbonyl (C=O) groups excluding carboxylic acids is 3. The molecule has 0 fully saturated rings. The molecule has 19 heavy (non-hydrogen) atoms. The van der Waals surface area contributed by atoms with E-state index in [-0.39, 0.29) is 19.5 Å². The Labute approximate surface area is 108 Å². The maximum Gasteiger partial charge on any atom is 0.265 e. The van der Waals surface area contributed by atoms with E-state index in [1.54, 1.807) is 0 Å². The fraction of sp³-hybridized carbons (Fsp3) is 0.444. The lowest BCUT2D eigenvalue weighted by molar-refractivity contribution is -0.219. The zero-order chi connectivity index (χ0) is 14.5. The van der Waals surface area contributed by atoms with Gasteiger partial charge in [0.2, 0.25) is 5.91 Å². The highest BCUT2D eigenvalue weighted by Crippen LogP contribution is 2.29. The van der Waals surface area contributed by atoms with Crippen molar-refractivity contribution in [3.05, 3.63) is 12.2 Å². The van der Waals surface area contributed by atoms with Gasteiger partial charge in [-0.25, -0.2) is 0 Å². The van der Waals surface area contributed by atoms with Crippen LogP contribution in [0.5, 0.6) is 0 Å². The largest absolute Gasteiger partial charge is 0.756 e. The molecule has 0 radical (unpaired) electrons. The lowest BCUT2D eigenvalue weighted by Gasteiger charge is -2.16. The van der Waals surface area contributed by atoms with Gasteiger partial charge in [-0.05, 0) is 0 Å². The van der Waals surface area contributed by atoms with Crippen LogP contribution in [0.3, 0.4) is 0 Å². The average molecular weight is 291 g/mol. The maximum atomic E-state index is 11.3. The number of nitrogens with one attached hydrogen (secondary N) is 1. The van der Waals surface area contributed by atoms with E-state index in [4.69, 9.17) is 4.89 Å². The molecule has 0 aromatic rings. The molecule has 1 atom stereocenters. The zero-order valence-corrected chi connectivity index (χ0v) is 10.7. The standard InChI is InChI=1S/C9H13N2O7P/c12-7(10-4-6-18-19(15,16)17)3-5-11-8(13)1-2-9(11)14/h1-2H,3-6H2,(H,10,12)(H2,15,16,17)/p-1. The first-order chi connectivity index (χ1) is 8.79. The summed E-state index contributed by atoms with van der Waals surface area (Å²) in [4.78, 5) is 53.0. The highest BCUT2D eigenvalue weighted by molar-refractivity contribution is 7.44. The van der Waals surface area contributed by atoms with Crippen molar-refractivity contribution < 1.29 is 33.3 Å². The Morgan fingerprint density at radius 2 is 2.00 bits per heavy atom. The van der Waals surface area contributed by atoms with Gasteiger partial charge in [-0.3, -0.25) is 23.8 Å². The summed E-state index contributed by atoms with van der Waals surface area (Å²) in [6, 6.07) is 0. The Kier molecular flexibility index (Phi) is 5.37. The van der Waals surface area contributed by atoms with E-state index in [0.29, 0.717) is 0 Å². The predicted octanol–water partition coefficient (Wildman–Crippen LogP) is -2.10. The molecule has 1 unspecified atom stereocenters. The van der Waals surface area contributed by atoms with Crippen molar-refractivity contribution in [2.24, 2.45) is 0 Å². The van der Waals surface area contributed by atoms with E-state index in [0.717, 1.165) is 17.1 Å². The van der Waals surface area contributed by atoms with Gasteiger partial charge >= 0.3 is 0 Å². The van der Waals surface area contributed by atoms with Crippen molar-refractivity contribution in [1.29, 1.82) is 0 Å². The molecule has 0 spiro atoms. The number of carbonyl (C=O) groups is 3. The molecule has 3 amide bonds. The van der Waals surface area contributed by atoms with E-state index in [1.807, 2.05) is 0 Å². The molecule has 1 rings (SSSR count). The molecule has 2 N–H and O–H groups in total. The molecule has 9 nitrogen and oxygen atoms in total. The molecule has 0 aromatic heterocycles. The minimum Gasteiger partial charge on any atom is -0.756 e. The molecular formula is C9H12N2O7P-. The van der Waals surface area contributed by atoms with Gasteiger partial charge in [-0.2, -0.15) is 0 Å². The van der Waals surface area contributed by atoms with Crippen LogP contribution in [0.1, 0.15) is 6.42 Å².